The highest BCUT2D eigenvalue weighted by molar-refractivity contribution is 7.89. The summed E-state index contributed by atoms with van der Waals surface area (Å²) < 4.78 is 27.9. The molecule has 1 saturated carbocycles. The molecule has 192 valence electrons. The van der Waals surface area contributed by atoms with Gasteiger partial charge < -0.3 is 26.0 Å². The molecule has 11 heteroatoms. The van der Waals surface area contributed by atoms with Gasteiger partial charge in [-0.3, -0.25) is 4.84 Å². The van der Waals surface area contributed by atoms with Crippen LogP contribution in [0, 0.1) is 0 Å². The highest BCUT2D eigenvalue weighted by atomic mass is 32.2. The molecule has 0 unspecified atom stereocenters. The Kier molecular flexibility index (Phi) is 9.87. The monoisotopic (exact) mass is 507 g/mol. The first kappa shape index (κ1) is 26.9. The molecule has 1 aliphatic rings. The van der Waals surface area contributed by atoms with Gasteiger partial charge >= 0.3 is 6.09 Å². The van der Waals surface area contributed by atoms with Crippen molar-refractivity contribution in [2.75, 3.05) is 25.0 Å². The molecule has 0 heterocycles. The summed E-state index contributed by atoms with van der Waals surface area (Å²) in [5.41, 5.74) is 1.30. The van der Waals surface area contributed by atoms with E-state index in [4.69, 9.17) is 9.94 Å². The van der Waals surface area contributed by atoms with Crippen molar-refractivity contribution in [3.63, 3.8) is 0 Å². The molecule has 0 saturated heterocycles. The summed E-state index contributed by atoms with van der Waals surface area (Å²) in [5, 5.41) is 34.6. The predicted octanol–water partition coefficient (Wildman–Crippen LogP) is 2.20. The Morgan fingerprint density at radius 1 is 1.11 bits per heavy atom. The first-order valence-electron chi connectivity index (χ1n) is 11.7. The van der Waals surface area contributed by atoms with Crippen LogP contribution in [0.5, 0.6) is 0 Å². The van der Waals surface area contributed by atoms with Crippen molar-refractivity contribution in [1.29, 1.82) is 0 Å². The first-order chi connectivity index (χ1) is 16.8. The van der Waals surface area contributed by atoms with Crippen LogP contribution in [0.1, 0.15) is 31.2 Å². The number of aliphatic hydroxyl groups excluding tert-OH is 2. The van der Waals surface area contributed by atoms with E-state index in [0.717, 1.165) is 22.9 Å². The quantitative estimate of drug-likeness (QED) is 0.259. The van der Waals surface area contributed by atoms with Crippen LogP contribution < -0.4 is 10.6 Å². The number of anilines is 1. The summed E-state index contributed by atoms with van der Waals surface area (Å²) in [4.78, 5) is 17.2. The lowest BCUT2D eigenvalue weighted by molar-refractivity contribution is -0.145. The van der Waals surface area contributed by atoms with Gasteiger partial charge in [-0.25, -0.2) is 13.2 Å². The second kappa shape index (κ2) is 12.8. The third-order valence-corrected chi connectivity index (χ3v) is 7.44. The Bertz CT molecular complexity index is 1050. The minimum absolute atomic E-state index is 0.0450. The largest absolute Gasteiger partial charge is 0.465 e. The van der Waals surface area contributed by atoms with Crippen molar-refractivity contribution in [1.82, 2.24) is 9.79 Å². The fraction of sp³-hybridized carbons (Fsp3) is 0.458. The second-order valence-corrected chi connectivity index (χ2v) is 10.3. The molecule has 2 aromatic rings. The van der Waals surface area contributed by atoms with Crippen LogP contribution in [0.15, 0.2) is 59.5 Å². The highest BCUT2D eigenvalue weighted by Crippen LogP contribution is 2.27. The number of carbonyl (C=O) groups is 1. The summed E-state index contributed by atoms with van der Waals surface area (Å²) in [7, 11) is -4.19. The average Bonchev–Trinajstić information content (AvgIpc) is 3.35. The van der Waals surface area contributed by atoms with E-state index in [9.17, 15) is 23.4 Å². The van der Waals surface area contributed by atoms with E-state index in [-0.39, 0.29) is 30.6 Å². The third-order valence-electron chi connectivity index (χ3n) is 5.82. The molecule has 0 spiro atoms. The fourth-order valence-corrected chi connectivity index (χ4v) is 5.38. The third kappa shape index (κ3) is 7.91. The molecule has 35 heavy (non-hydrogen) atoms. The van der Waals surface area contributed by atoms with E-state index < -0.39 is 34.8 Å². The summed E-state index contributed by atoms with van der Waals surface area (Å²) in [6.45, 7) is -0.309. The number of benzene rings is 2. The molecule has 2 atom stereocenters. The number of amides is 1. The number of sulfonamides is 1. The van der Waals surface area contributed by atoms with Crippen LogP contribution >= 0.6 is 0 Å². The Labute approximate surface area is 205 Å². The number of hydrogen-bond donors (Lipinski definition) is 5. The van der Waals surface area contributed by atoms with E-state index in [0.29, 0.717) is 18.5 Å². The average molecular weight is 508 g/mol. The number of hydrogen-bond acceptors (Lipinski definition) is 7. The zero-order valence-corrected chi connectivity index (χ0v) is 20.2. The molecule has 1 fully saturated rings. The number of hydroxylamine groups is 1. The summed E-state index contributed by atoms with van der Waals surface area (Å²) in [5.74, 6) is 0. The molecular weight excluding hydrogens is 474 g/mol. The Balaban J connectivity index is 1.85. The SMILES string of the molecule is O=C(O)N[C@@H](Cc1ccccc1)[C@H](O)CN(OC1CCCC1)S(=O)(=O)c1cccc(NCCO)c1. The number of rotatable bonds is 13. The van der Waals surface area contributed by atoms with Gasteiger partial charge in [0.1, 0.15) is 0 Å². The van der Waals surface area contributed by atoms with Gasteiger partial charge in [0.2, 0.25) is 0 Å². The van der Waals surface area contributed by atoms with E-state index in [2.05, 4.69) is 10.6 Å². The normalized spacial score (nSPS) is 16.2. The maximum atomic E-state index is 13.6. The minimum Gasteiger partial charge on any atom is -0.465 e. The van der Waals surface area contributed by atoms with E-state index in [1.165, 1.54) is 12.1 Å². The molecule has 0 radical (unpaired) electrons. The van der Waals surface area contributed by atoms with Crippen molar-refractivity contribution < 1.29 is 33.4 Å². The van der Waals surface area contributed by atoms with Crippen LogP contribution in [0.25, 0.3) is 0 Å². The molecule has 3 rings (SSSR count). The minimum atomic E-state index is -4.19. The zero-order valence-electron chi connectivity index (χ0n) is 19.4. The second-order valence-electron chi connectivity index (χ2n) is 8.49. The van der Waals surface area contributed by atoms with Gasteiger partial charge in [-0.15, -0.1) is 0 Å². The van der Waals surface area contributed by atoms with Crippen LogP contribution in [0.4, 0.5) is 10.5 Å². The first-order valence-corrected chi connectivity index (χ1v) is 13.1. The molecule has 5 N–H and O–H groups in total. The lowest BCUT2D eigenvalue weighted by Crippen LogP contribution is -2.50. The van der Waals surface area contributed by atoms with Gasteiger partial charge in [0, 0.05) is 12.2 Å². The van der Waals surface area contributed by atoms with Crippen molar-refractivity contribution >= 4 is 21.8 Å². The molecule has 10 nitrogen and oxygen atoms in total. The maximum Gasteiger partial charge on any atom is 0.404 e. The van der Waals surface area contributed by atoms with Crippen molar-refractivity contribution in [3.8, 4) is 0 Å². The smallest absolute Gasteiger partial charge is 0.404 e. The van der Waals surface area contributed by atoms with E-state index in [1.807, 2.05) is 6.07 Å². The highest BCUT2D eigenvalue weighted by Gasteiger charge is 2.34. The van der Waals surface area contributed by atoms with Crippen LogP contribution in [-0.4, -0.2) is 72.2 Å². The molecule has 2 aromatic carbocycles. The van der Waals surface area contributed by atoms with E-state index in [1.54, 1.807) is 36.4 Å². The van der Waals surface area contributed by atoms with Gasteiger partial charge in [-0.2, -0.15) is 0 Å². The van der Waals surface area contributed by atoms with Gasteiger partial charge in [0.15, 0.2) is 0 Å². The topological polar surface area (TPSA) is 148 Å². The van der Waals surface area contributed by atoms with Gasteiger partial charge in [-0.05, 0) is 43.0 Å². The molecule has 0 aliphatic heterocycles. The lowest BCUT2D eigenvalue weighted by atomic mass is 10.0. The predicted molar refractivity (Wildman–Crippen MR) is 130 cm³/mol. The zero-order chi connectivity index (χ0) is 25.3. The van der Waals surface area contributed by atoms with E-state index >= 15 is 0 Å². The number of nitrogens with zero attached hydrogens (tertiary/aromatic N) is 1. The van der Waals surface area contributed by atoms with Crippen molar-refractivity contribution in [2.24, 2.45) is 0 Å². The molecule has 0 bridgehead atoms. The van der Waals surface area contributed by atoms with Gasteiger partial charge in [0.25, 0.3) is 10.0 Å². The molecule has 1 amide bonds. The van der Waals surface area contributed by atoms with Crippen LogP contribution in [-0.2, 0) is 21.3 Å². The summed E-state index contributed by atoms with van der Waals surface area (Å²) in [6.07, 6.45) is 0.385. The number of nitrogens with one attached hydrogen (secondary N) is 2. The Hall–Kier alpha value is -2.70. The van der Waals surface area contributed by atoms with Crippen molar-refractivity contribution in [2.45, 2.75) is 55.2 Å². The summed E-state index contributed by atoms with van der Waals surface area (Å²) >= 11 is 0. The Morgan fingerprint density at radius 2 is 1.83 bits per heavy atom. The summed E-state index contributed by atoms with van der Waals surface area (Å²) in [6, 6.07) is 14.2. The maximum absolute atomic E-state index is 13.6. The molecule has 0 aromatic heterocycles. The number of carboxylic acid groups (broad SMARTS) is 1. The fourth-order valence-electron chi connectivity index (χ4n) is 4.03. The number of aliphatic hydroxyl groups is 2. The van der Waals surface area contributed by atoms with Crippen molar-refractivity contribution in [3.05, 3.63) is 60.2 Å². The lowest BCUT2D eigenvalue weighted by Gasteiger charge is -2.30. The van der Waals surface area contributed by atoms with Gasteiger partial charge in [0.05, 0.1) is 36.3 Å². The Morgan fingerprint density at radius 3 is 2.49 bits per heavy atom. The molecule has 1 aliphatic carbocycles. The standard InChI is InChI=1S/C24H33N3O7S/c28-14-13-25-19-9-6-12-21(16-19)35(32,33)27(34-20-10-4-5-11-20)17-23(29)22(26-24(30)31)15-18-7-2-1-3-8-18/h1-3,6-9,12,16,20,22-23,25-26,28-29H,4-5,10-11,13-15,17H2,(H,30,31)/t22-,23+/m0/s1. The molecular formula is C24H33N3O7S. The van der Waals surface area contributed by atoms with Crippen LogP contribution in [0.3, 0.4) is 0 Å². The van der Waals surface area contributed by atoms with Gasteiger partial charge in [-0.1, -0.05) is 53.7 Å². The van der Waals surface area contributed by atoms with Crippen LogP contribution in [0.2, 0.25) is 0 Å².